The van der Waals surface area contributed by atoms with Crippen molar-refractivity contribution < 1.29 is 40.3 Å². The molecule has 0 atom stereocenters. The Morgan fingerprint density at radius 1 is 1.05 bits per heavy atom. The van der Waals surface area contributed by atoms with Gasteiger partial charge >= 0.3 is 27.6 Å². The number of benzene rings is 1. The van der Waals surface area contributed by atoms with Gasteiger partial charge in [-0.05, 0) is 0 Å². The van der Waals surface area contributed by atoms with E-state index in [1.807, 2.05) is 0 Å². The molecule has 0 heterocycles. The molecule has 21 heavy (non-hydrogen) atoms. The second-order valence-corrected chi connectivity index (χ2v) is 6.39. The molecule has 15 heteroatoms. The van der Waals surface area contributed by atoms with Gasteiger partial charge in [0.25, 0.3) is 11.4 Å². The van der Waals surface area contributed by atoms with Gasteiger partial charge in [0.15, 0.2) is 3.57 Å². The van der Waals surface area contributed by atoms with Crippen LogP contribution in [0, 0.1) is 23.8 Å². The number of phenols is 1. The summed E-state index contributed by atoms with van der Waals surface area (Å²) in [5.74, 6) is -0.976. The Balaban J connectivity index is 0.000000690. The number of phosphoric acid groups is 1. The van der Waals surface area contributed by atoms with Crippen molar-refractivity contribution in [1.82, 2.24) is 0 Å². The highest BCUT2D eigenvalue weighted by Gasteiger charge is 2.27. The second-order valence-electron chi connectivity index (χ2n) is 3.04. The zero-order valence-corrected chi connectivity index (χ0v) is 12.6. The maximum absolute atomic E-state index is 10.7. The van der Waals surface area contributed by atoms with Gasteiger partial charge in [-0.1, -0.05) is 0 Å². The number of phenolic OH excluding ortho intramolecular Hbond substituents is 1. The number of halogens is 1. The maximum atomic E-state index is 10.7. The lowest BCUT2D eigenvalue weighted by Gasteiger charge is -1.98. The first-order chi connectivity index (χ1) is 9.34. The van der Waals surface area contributed by atoms with Crippen molar-refractivity contribution in [1.29, 1.82) is 0 Å². The smallest absolute Gasteiger partial charge is 0.466 e. The normalized spacial score (nSPS) is 10.7. The molecule has 0 amide bonds. The Morgan fingerprint density at radius 3 is 1.76 bits per heavy atom. The van der Waals surface area contributed by atoms with Crippen LogP contribution in [0.3, 0.4) is 0 Å². The summed E-state index contributed by atoms with van der Waals surface area (Å²) in [6.45, 7) is 0. The molecule has 0 aliphatic rings. The molecule has 0 saturated heterocycles. The van der Waals surface area contributed by atoms with Crippen LogP contribution in [0.2, 0.25) is 0 Å². The summed E-state index contributed by atoms with van der Waals surface area (Å²) in [6.07, 6.45) is 0. The number of rotatable bonds is 3. The molecule has 1 aromatic rings. The van der Waals surface area contributed by atoms with Gasteiger partial charge in [-0.3, -0.25) is 20.2 Å². The largest absolute Gasteiger partial charge is 0.506 e. The van der Waals surface area contributed by atoms with Crippen LogP contribution in [0.15, 0.2) is 12.1 Å². The monoisotopic (exact) mass is 440 g/mol. The lowest BCUT2D eigenvalue weighted by atomic mass is 10.2. The summed E-state index contributed by atoms with van der Waals surface area (Å²) in [7, 11) is -4.64. The predicted molar refractivity (Wildman–Crippen MR) is 69.8 cm³/mol. The third-order valence-corrected chi connectivity index (χ3v) is 3.57. The Hall–Kier alpha value is -1.74. The van der Waals surface area contributed by atoms with E-state index in [0.29, 0.717) is 12.1 Å². The van der Waals surface area contributed by atoms with Gasteiger partial charge in [0.05, 0.1) is 22.0 Å². The van der Waals surface area contributed by atoms with Gasteiger partial charge in [-0.15, -0.1) is 0 Å². The second kappa shape index (κ2) is 7.32. The third-order valence-electron chi connectivity index (χ3n) is 1.58. The van der Waals surface area contributed by atoms with E-state index in [0.717, 1.165) is 0 Å². The van der Waals surface area contributed by atoms with Crippen molar-refractivity contribution in [3.05, 3.63) is 35.9 Å². The van der Waals surface area contributed by atoms with Crippen molar-refractivity contribution in [2.45, 2.75) is 0 Å². The van der Waals surface area contributed by atoms with Crippen LogP contribution in [-0.2, 0) is 10.7 Å². The van der Waals surface area contributed by atoms with E-state index in [1.165, 1.54) is 0 Å². The Labute approximate surface area is 121 Å². The van der Waals surface area contributed by atoms with E-state index in [-0.39, 0.29) is 0 Å². The molecule has 4 N–H and O–H groups in total. The molecular formula is C6H6IN2O11P. The first-order valence-corrected chi connectivity index (χ1v) is 8.74. The Morgan fingerprint density at radius 2 is 1.48 bits per heavy atom. The van der Waals surface area contributed by atoms with E-state index in [9.17, 15) is 31.5 Å². The molecule has 0 aliphatic heterocycles. The highest BCUT2D eigenvalue weighted by Crippen LogP contribution is 2.38. The first-order valence-electron chi connectivity index (χ1n) is 4.34. The minimum atomic E-state index is -4.64. The summed E-state index contributed by atoms with van der Waals surface area (Å²) in [6, 6.07) is 1.05. The average molecular weight is 440 g/mol. The van der Waals surface area contributed by atoms with E-state index < -0.39 is 58.2 Å². The summed E-state index contributed by atoms with van der Waals surface area (Å²) >= 11 is -4.30. The molecule has 0 radical (unpaired) electrons. The van der Waals surface area contributed by atoms with Gasteiger partial charge in [0.1, 0.15) is 5.75 Å². The zero-order chi connectivity index (χ0) is 17.0. The van der Waals surface area contributed by atoms with Gasteiger partial charge in [-0.25, -0.2) is 10.7 Å². The van der Waals surface area contributed by atoms with Crippen LogP contribution in [0.1, 0.15) is 0 Å². The van der Waals surface area contributed by atoms with Crippen molar-refractivity contribution in [3.8, 4) is 5.75 Å². The SMILES string of the molecule is O=P(O)(O)O.O=[N+]([O-])c1cc(O)c(I(=O)=O)c([N+](=O)[O-])c1. The summed E-state index contributed by atoms with van der Waals surface area (Å²) in [5, 5.41) is 30.0. The molecule has 0 spiro atoms. The predicted octanol–water partition coefficient (Wildman–Crippen LogP) is 0.647. The van der Waals surface area contributed by atoms with Crippen LogP contribution < -0.4 is 0 Å². The molecule has 118 valence electrons. The fraction of sp³-hybridized carbons (Fsp3) is 0. The molecule has 0 fully saturated rings. The topological polar surface area (TPSA) is 218 Å². The molecule has 1 rings (SSSR count). The van der Waals surface area contributed by atoms with Crippen LogP contribution >= 0.6 is 27.6 Å². The van der Waals surface area contributed by atoms with Crippen LogP contribution in [0.25, 0.3) is 0 Å². The molecule has 0 bridgehead atoms. The van der Waals surface area contributed by atoms with Crippen LogP contribution in [-0.4, -0.2) is 29.6 Å². The highest BCUT2D eigenvalue weighted by atomic mass is 127. The van der Waals surface area contributed by atoms with Gasteiger partial charge in [-0.2, -0.15) is 0 Å². The molecule has 0 unspecified atom stereocenters. The summed E-state index contributed by atoms with van der Waals surface area (Å²) < 4.78 is 29.5. The first kappa shape index (κ1) is 19.3. The van der Waals surface area contributed by atoms with Crippen molar-refractivity contribution >= 4 is 39.0 Å². The lowest BCUT2D eigenvalue weighted by molar-refractivity contribution is -0.394. The number of aromatic hydroxyl groups is 1. The number of hydrogen-bond acceptors (Lipinski definition) is 8. The lowest BCUT2D eigenvalue weighted by Crippen LogP contribution is -1.96. The van der Waals surface area contributed by atoms with Gasteiger partial charge in [0.2, 0.25) is 0 Å². The number of nitrogens with zero attached hydrogens (tertiary/aromatic N) is 2. The van der Waals surface area contributed by atoms with Gasteiger partial charge in [0, 0.05) is 0 Å². The maximum Gasteiger partial charge on any atom is 0.466 e. The Bertz CT molecular complexity index is 676. The minimum Gasteiger partial charge on any atom is -0.506 e. The molecule has 13 nitrogen and oxygen atoms in total. The van der Waals surface area contributed by atoms with E-state index in [4.69, 9.17) is 19.2 Å². The molecule has 1 aromatic carbocycles. The number of nitro groups is 2. The standard InChI is InChI=1S/C6H3IN2O7.H3O4P/c10-5-2-3(8(13)14)1-4(9(15)16)6(5)7(11)12;1-5(2,3)4/h1-2,10H;(H3,1,2,3,4). The van der Waals surface area contributed by atoms with Crippen LogP contribution in [0.4, 0.5) is 11.4 Å². The molecule has 0 saturated carbocycles. The zero-order valence-electron chi connectivity index (χ0n) is 9.52. The number of nitro benzene ring substituents is 2. The molecule has 0 aliphatic carbocycles. The fourth-order valence-corrected chi connectivity index (χ4v) is 2.39. The summed E-state index contributed by atoms with van der Waals surface area (Å²) in [4.78, 5) is 40.3. The number of hydrogen-bond donors (Lipinski definition) is 4. The Kier molecular flexibility index (Phi) is 6.71. The van der Waals surface area contributed by atoms with E-state index in [1.54, 1.807) is 0 Å². The average Bonchev–Trinajstić information content (AvgIpc) is 2.24. The van der Waals surface area contributed by atoms with Crippen molar-refractivity contribution in [3.63, 3.8) is 0 Å². The van der Waals surface area contributed by atoms with E-state index in [2.05, 4.69) is 0 Å². The van der Waals surface area contributed by atoms with E-state index >= 15 is 0 Å². The molecular weight excluding hydrogens is 434 g/mol. The quantitative estimate of drug-likeness (QED) is 0.221. The van der Waals surface area contributed by atoms with Crippen molar-refractivity contribution in [2.24, 2.45) is 0 Å². The fourth-order valence-electron chi connectivity index (χ4n) is 0.976. The van der Waals surface area contributed by atoms with Gasteiger partial charge < -0.3 is 19.8 Å². The third kappa shape index (κ3) is 7.00. The van der Waals surface area contributed by atoms with Crippen LogP contribution in [0.5, 0.6) is 5.75 Å². The molecule has 0 aromatic heterocycles. The highest BCUT2D eigenvalue weighted by molar-refractivity contribution is 14.2. The minimum absolute atomic E-state index is 0.495. The summed E-state index contributed by atoms with van der Waals surface area (Å²) in [5.41, 5.74) is -1.73. The number of non-ortho nitro benzene ring substituents is 1. The van der Waals surface area contributed by atoms with Crippen molar-refractivity contribution in [2.75, 3.05) is 0 Å².